The second-order valence-corrected chi connectivity index (χ2v) is 7.74. The van der Waals surface area contributed by atoms with Gasteiger partial charge in [0.2, 0.25) is 12.8 Å². The Labute approximate surface area is 194 Å². The highest BCUT2D eigenvalue weighted by Crippen LogP contribution is 2.34. The fraction of sp³-hybridized carbons (Fsp3) is 0.208. The number of carbonyl (C=O) groups is 3. The van der Waals surface area contributed by atoms with Crippen LogP contribution in [0, 0.1) is 0 Å². The van der Waals surface area contributed by atoms with E-state index >= 15 is 0 Å². The number of aliphatic imine (C=N–C) groups is 1. The Balaban J connectivity index is 1.38. The van der Waals surface area contributed by atoms with Crippen molar-refractivity contribution in [3.05, 3.63) is 60.2 Å². The van der Waals surface area contributed by atoms with Crippen molar-refractivity contribution in [1.82, 2.24) is 4.90 Å². The number of anilines is 1. The van der Waals surface area contributed by atoms with Gasteiger partial charge in [-0.25, -0.2) is 4.79 Å². The van der Waals surface area contributed by atoms with E-state index < -0.39 is 23.9 Å². The third kappa shape index (κ3) is 4.01. The van der Waals surface area contributed by atoms with Gasteiger partial charge in [-0.1, -0.05) is 12.1 Å². The number of carbonyl (C=O) groups excluding carboxylic acids is 3. The molecule has 1 N–H and O–H groups in total. The van der Waals surface area contributed by atoms with Crippen LogP contribution in [0.15, 0.2) is 59.6 Å². The van der Waals surface area contributed by atoms with Gasteiger partial charge in [-0.2, -0.15) is 14.3 Å². The summed E-state index contributed by atoms with van der Waals surface area (Å²) < 4.78 is 17.1. The number of benzene rings is 2. The lowest BCUT2D eigenvalue weighted by Gasteiger charge is -2.26. The number of nitrogens with one attached hydrogen (secondary N) is 1. The third-order valence-corrected chi connectivity index (χ3v) is 5.60. The molecule has 3 aliphatic heterocycles. The Bertz CT molecular complexity index is 1260. The summed E-state index contributed by atoms with van der Waals surface area (Å²) in [6, 6.07) is 10.6. The molecule has 5 rings (SSSR count). The Kier molecular flexibility index (Phi) is 5.54. The number of imide groups is 1. The minimum Gasteiger partial charge on any atom is -0.497 e. The van der Waals surface area contributed by atoms with Crippen LogP contribution >= 0.6 is 0 Å². The molecule has 3 heterocycles. The highest BCUT2D eigenvalue weighted by molar-refractivity contribution is 6.20. The van der Waals surface area contributed by atoms with Crippen LogP contribution in [-0.2, 0) is 16.1 Å². The number of hydrogen-bond acceptors (Lipinski definition) is 7. The smallest absolute Gasteiger partial charge is 0.497 e. The van der Waals surface area contributed by atoms with E-state index in [1.165, 1.54) is 10.8 Å². The standard InChI is InChI=1S/C24H20N4O6/c1-32-17-7-4-15(5-8-17)12-28-23(30)22-18(3-2-10-25-22)27(24(28)31)13-21(29)26-16-6-9-19-20(11-16)34-14-33-19/h2-11,22H,12-14H2,1H3/p+1. The second kappa shape index (κ2) is 8.81. The molecule has 4 amide bonds. The number of amides is 4. The summed E-state index contributed by atoms with van der Waals surface area (Å²) in [6.45, 7) is -0.115. The Hall–Kier alpha value is -4.47. The fourth-order valence-corrected chi connectivity index (χ4v) is 3.91. The molecule has 0 spiro atoms. The Morgan fingerprint density at radius 3 is 2.76 bits per heavy atom. The molecule has 2 aromatic rings. The van der Waals surface area contributed by atoms with Crippen molar-refractivity contribution in [3.8, 4) is 17.2 Å². The van der Waals surface area contributed by atoms with Crippen LogP contribution in [-0.4, -0.2) is 65.7 Å². The molecule has 0 bridgehead atoms. The van der Waals surface area contributed by atoms with Gasteiger partial charge in [0.15, 0.2) is 18.0 Å². The molecule has 1 atom stereocenters. The number of dihydropyridines is 1. The third-order valence-electron chi connectivity index (χ3n) is 5.60. The molecule has 3 aliphatic rings. The summed E-state index contributed by atoms with van der Waals surface area (Å²) in [5.41, 5.74) is 1.61. The predicted octanol–water partition coefficient (Wildman–Crippen LogP) is 1.99. The fourth-order valence-electron chi connectivity index (χ4n) is 3.91. The molecule has 0 fully saturated rings. The molecule has 2 aromatic carbocycles. The number of nitrogens with zero attached hydrogens (tertiary/aromatic N) is 3. The zero-order valence-corrected chi connectivity index (χ0v) is 18.3. The SMILES string of the molecule is COc1ccc(CN2C(=O)C3N=CC=CC3=[N+](CC(=O)Nc3ccc4c(c3)OCO4)C2=O)cc1. The molecule has 10 nitrogen and oxygen atoms in total. The molecule has 0 radical (unpaired) electrons. The van der Waals surface area contributed by atoms with Gasteiger partial charge in [0.1, 0.15) is 18.0 Å². The maximum absolute atomic E-state index is 13.3. The van der Waals surface area contributed by atoms with Crippen LogP contribution in [0.2, 0.25) is 0 Å². The molecule has 1 unspecified atom stereocenters. The van der Waals surface area contributed by atoms with Crippen molar-refractivity contribution in [1.29, 1.82) is 0 Å². The molecule has 0 saturated carbocycles. The number of ether oxygens (including phenoxy) is 3. The van der Waals surface area contributed by atoms with Gasteiger partial charge >= 0.3 is 11.9 Å². The Morgan fingerprint density at radius 2 is 1.97 bits per heavy atom. The minimum atomic E-state index is -0.890. The van der Waals surface area contributed by atoms with E-state index in [4.69, 9.17) is 14.2 Å². The average molecular weight is 461 g/mol. The van der Waals surface area contributed by atoms with Crippen LogP contribution in [0.1, 0.15) is 5.56 Å². The van der Waals surface area contributed by atoms with Crippen LogP contribution < -0.4 is 19.5 Å². The minimum absolute atomic E-state index is 0.0466. The number of fused-ring (bicyclic) bond motifs is 2. The van der Waals surface area contributed by atoms with Gasteiger partial charge in [-0.15, -0.1) is 0 Å². The summed E-state index contributed by atoms with van der Waals surface area (Å²) >= 11 is 0. The summed E-state index contributed by atoms with van der Waals surface area (Å²) in [5, 5.41) is 2.76. The molecular formula is C24H21N4O6+. The van der Waals surface area contributed by atoms with Crippen molar-refractivity contribution < 1.29 is 33.2 Å². The highest BCUT2D eigenvalue weighted by Gasteiger charge is 2.48. The number of urea groups is 1. The quantitative estimate of drug-likeness (QED) is 0.659. The first-order valence-corrected chi connectivity index (χ1v) is 10.6. The van der Waals surface area contributed by atoms with E-state index in [1.54, 1.807) is 61.7 Å². The monoisotopic (exact) mass is 461 g/mol. The lowest BCUT2D eigenvalue weighted by atomic mass is 10.0. The van der Waals surface area contributed by atoms with Crippen molar-refractivity contribution in [3.63, 3.8) is 0 Å². The van der Waals surface area contributed by atoms with Gasteiger partial charge in [-0.3, -0.25) is 9.79 Å². The number of rotatable bonds is 6. The zero-order chi connectivity index (χ0) is 23.7. The average Bonchev–Trinajstić information content (AvgIpc) is 3.33. The zero-order valence-electron chi connectivity index (χ0n) is 18.3. The summed E-state index contributed by atoms with van der Waals surface area (Å²) in [5.74, 6) is 0.922. The highest BCUT2D eigenvalue weighted by atomic mass is 16.7. The van der Waals surface area contributed by atoms with Crippen LogP contribution in [0.25, 0.3) is 0 Å². The second-order valence-electron chi connectivity index (χ2n) is 7.74. The molecule has 172 valence electrons. The van der Waals surface area contributed by atoms with E-state index in [0.29, 0.717) is 28.6 Å². The van der Waals surface area contributed by atoms with E-state index in [-0.39, 0.29) is 19.9 Å². The first kappa shape index (κ1) is 21.4. The lowest BCUT2D eigenvalue weighted by molar-refractivity contribution is -0.427. The van der Waals surface area contributed by atoms with E-state index in [1.807, 2.05) is 0 Å². The molecule has 0 saturated heterocycles. The molecule has 34 heavy (non-hydrogen) atoms. The normalized spacial score (nSPS) is 18.3. The summed E-state index contributed by atoms with van der Waals surface area (Å²) in [6.07, 6.45) is 4.78. The van der Waals surface area contributed by atoms with Crippen molar-refractivity contribution in [2.24, 2.45) is 4.99 Å². The first-order chi connectivity index (χ1) is 16.5. The lowest BCUT2D eigenvalue weighted by Crippen LogP contribution is -2.57. The molecular weight excluding hydrogens is 440 g/mol. The molecule has 10 heteroatoms. The van der Waals surface area contributed by atoms with Crippen molar-refractivity contribution in [2.75, 3.05) is 25.8 Å². The van der Waals surface area contributed by atoms with Crippen molar-refractivity contribution >= 4 is 35.5 Å². The first-order valence-electron chi connectivity index (χ1n) is 10.6. The molecule has 0 aromatic heterocycles. The maximum Gasteiger partial charge on any atom is 0.501 e. The number of allylic oxidation sites excluding steroid dienone is 1. The largest absolute Gasteiger partial charge is 0.501 e. The predicted molar refractivity (Wildman–Crippen MR) is 122 cm³/mol. The number of methoxy groups -OCH3 is 1. The van der Waals surface area contributed by atoms with Gasteiger partial charge in [0, 0.05) is 18.0 Å². The van der Waals surface area contributed by atoms with Crippen molar-refractivity contribution in [2.45, 2.75) is 12.6 Å². The van der Waals surface area contributed by atoms with Gasteiger partial charge < -0.3 is 19.5 Å². The van der Waals surface area contributed by atoms with Crippen LogP contribution in [0.3, 0.4) is 0 Å². The van der Waals surface area contributed by atoms with Crippen LogP contribution in [0.5, 0.6) is 17.2 Å². The summed E-state index contributed by atoms with van der Waals surface area (Å²) in [7, 11) is 1.56. The van der Waals surface area contributed by atoms with E-state index in [9.17, 15) is 14.4 Å². The van der Waals surface area contributed by atoms with E-state index in [0.717, 1.165) is 10.5 Å². The number of hydrogen-bond donors (Lipinski definition) is 1. The van der Waals surface area contributed by atoms with Gasteiger partial charge in [0.25, 0.3) is 5.91 Å². The van der Waals surface area contributed by atoms with Crippen LogP contribution in [0.4, 0.5) is 10.5 Å². The van der Waals surface area contributed by atoms with Gasteiger partial charge in [-0.05, 0) is 42.0 Å². The topological polar surface area (TPSA) is 110 Å². The van der Waals surface area contributed by atoms with E-state index in [2.05, 4.69) is 10.3 Å². The maximum atomic E-state index is 13.3. The summed E-state index contributed by atoms with van der Waals surface area (Å²) in [4.78, 5) is 44.6. The Morgan fingerprint density at radius 1 is 1.18 bits per heavy atom. The van der Waals surface area contributed by atoms with Gasteiger partial charge in [0.05, 0.1) is 7.11 Å². The molecule has 0 aliphatic carbocycles.